The van der Waals surface area contributed by atoms with Gasteiger partial charge in [0.2, 0.25) is 0 Å². The molecule has 0 saturated carbocycles. The molecule has 0 bridgehead atoms. The number of nitrogens with two attached hydrogens (primary N) is 1. The standard InChI is InChI=1S/C17H22N2O/c1-13(2)20-16-10-6-9-15(12-16)17(19-18)11-14-7-4-3-5-8-14/h3-10,12-13,17,19H,11,18H2,1-2H3. The van der Waals surface area contributed by atoms with Gasteiger partial charge in [0.1, 0.15) is 5.75 Å². The van der Waals surface area contributed by atoms with Crippen LogP contribution in [0.2, 0.25) is 0 Å². The van der Waals surface area contributed by atoms with E-state index in [4.69, 9.17) is 10.6 Å². The lowest BCUT2D eigenvalue weighted by atomic mass is 9.99. The van der Waals surface area contributed by atoms with Gasteiger partial charge in [-0.25, -0.2) is 0 Å². The second-order valence-corrected chi connectivity index (χ2v) is 5.15. The first-order chi connectivity index (χ1) is 9.69. The van der Waals surface area contributed by atoms with Crippen LogP contribution in [0.15, 0.2) is 54.6 Å². The van der Waals surface area contributed by atoms with Crippen LogP contribution in [0.4, 0.5) is 0 Å². The summed E-state index contributed by atoms with van der Waals surface area (Å²) in [6, 6.07) is 18.5. The molecule has 0 radical (unpaired) electrons. The molecule has 20 heavy (non-hydrogen) atoms. The monoisotopic (exact) mass is 270 g/mol. The largest absolute Gasteiger partial charge is 0.491 e. The highest BCUT2D eigenvalue weighted by atomic mass is 16.5. The van der Waals surface area contributed by atoms with Gasteiger partial charge in [-0.2, -0.15) is 0 Å². The molecule has 0 aliphatic heterocycles. The van der Waals surface area contributed by atoms with Crippen LogP contribution in [0.5, 0.6) is 5.75 Å². The summed E-state index contributed by atoms with van der Waals surface area (Å²) in [7, 11) is 0. The van der Waals surface area contributed by atoms with E-state index in [0.717, 1.165) is 17.7 Å². The molecule has 2 aromatic rings. The Morgan fingerprint density at radius 2 is 1.80 bits per heavy atom. The summed E-state index contributed by atoms with van der Waals surface area (Å²) in [6.45, 7) is 4.05. The lowest BCUT2D eigenvalue weighted by molar-refractivity contribution is 0.242. The van der Waals surface area contributed by atoms with Gasteiger partial charge >= 0.3 is 0 Å². The molecule has 1 atom stereocenters. The van der Waals surface area contributed by atoms with Crippen LogP contribution in [0.3, 0.4) is 0 Å². The smallest absolute Gasteiger partial charge is 0.120 e. The van der Waals surface area contributed by atoms with E-state index in [9.17, 15) is 0 Å². The van der Waals surface area contributed by atoms with E-state index in [-0.39, 0.29) is 12.1 Å². The zero-order valence-corrected chi connectivity index (χ0v) is 12.0. The molecular formula is C17H22N2O. The van der Waals surface area contributed by atoms with Crippen molar-refractivity contribution >= 4 is 0 Å². The number of hydrogen-bond acceptors (Lipinski definition) is 3. The van der Waals surface area contributed by atoms with Gasteiger partial charge in [0.25, 0.3) is 0 Å². The number of hydrogen-bond donors (Lipinski definition) is 2. The second-order valence-electron chi connectivity index (χ2n) is 5.15. The molecule has 0 aromatic heterocycles. The van der Waals surface area contributed by atoms with E-state index in [1.54, 1.807) is 0 Å². The highest BCUT2D eigenvalue weighted by molar-refractivity contribution is 5.32. The zero-order valence-electron chi connectivity index (χ0n) is 12.0. The number of nitrogens with one attached hydrogen (secondary N) is 1. The summed E-state index contributed by atoms with van der Waals surface area (Å²) in [4.78, 5) is 0. The van der Waals surface area contributed by atoms with Gasteiger partial charge in [0.05, 0.1) is 12.1 Å². The maximum atomic E-state index is 5.73. The quantitative estimate of drug-likeness (QED) is 0.626. The Kier molecular flexibility index (Phi) is 5.16. The average Bonchev–Trinajstić information content (AvgIpc) is 2.45. The maximum Gasteiger partial charge on any atom is 0.120 e. The SMILES string of the molecule is CC(C)Oc1cccc(C(Cc2ccccc2)NN)c1. The minimum atomic E-state index is 0.0770. The molecule has 2 rings (SSSR count). The molecule has 3 nitrogen and oxygen atoms in total. The lowest BCUT2D eigenvalue weighted by Crippen LogP contribution is -2.29. The molecule has 0 saturated heterocycles. The van der Waals surface area contributed by atoms with E-state index in [0.29, 0.717) is 0 Å². The molecule has 3 N–H and O–H groups in total. The predicted octanol–water partition coefficient (Wildman–Crippen LogP) is 3.22. The summed E-state index contributed by atoms with van der Waals surface area (Å²) >= 11 is 0. The molecule has 3 heteroatoms. The van der Waals surface area contributed by atoms with Crippen LogP contribution >= 0.6 is 0 Å². The van der Waals surface area contributed by atoms with Crippen LogP contribution in [0.25, 0.3) is 0 Å². The lowest BCUT2D eigenvalue weighted by Gasteiger charge is -2.18. The highest BCUT2D eigenvalue weighted by Crippen LogP contribution is 2.22. The first kappa shape index (κ1) is 14.6. The van der Waals surface area contributed by atoms with Crippen molar-refractivity contribution in [3.63, 3.8) is 0 Å². The first-order valence-corrected chi connectivity index (χ1v) is 6.95. The highest BCUT2D eigenvalue weighted by Gasteiger charge is 2.11. The van der Waals surface area contributed by atoms with Crippen molar-refractivity contribution in [3.8, 4) is 5.75 Å². The molecule has 0 amide bonds. The third kappa shape index (κ3) is 4.08. The normalized spacial score (nSPS) is 12.4. The maximum absolute atomic E-state index is 5.73. The molecule has 2 aromatic carbocycles. The van der Waals surface area contributed by atoms with Crippen molar-refractivity contribution in [1.29, 1.82) is 0 Å². The van der Waals surface area contributed by atoms with E-state index in [2.05, 4.69) is 23.6 Å². The molecule has 0 heterocycles. The van der Waals surface area contributed by atoms with Crippen molar-refractivity contribution in [2.45, 2.75) is 32.4 Å². The fourth-order valence-corrected chi connectivity index (χ4v) is 2.20. The topological polar surface area (TPSA) is 47.3 Å². The van der Waals surface area contributed by atoms with Gasteiger partial charge in [-0.15, -0.1) is 0 Å². The second kappa shape index (κ2) is 7.08. The van der Waals surface area contributed by atoms with Crippen molar-refractivity contribution in [1.82, 2.24) is 5.43 Å². The first-order valence-electron chi connectivity index (χ1n) is 6.95. The third-order valence-electron chi connectivity index (χ3n) is 3.12. The Morgan fingerprint density at radius 3 is 2.45 bits per heavy atom. The van der Waals surface area contributed by atoms with Crippen LogP contribution in [0, 0.1) is 0 Å². The van der Waals surface area contributed by atoms with Gasteiger partial charge in [-0.05, 0) is 43.5 Å². The Morgan fingerprint density at radius 1 is 1.05 bits per heavy atom. The summed E-state index contributed by atoms with van der Waals surface area (Å²) in [5.74, 6) is 6.59. The Labute approximate surface area is 120 Å². The third-order valence-corrected chi connectivity index (χ3v) is 3.12. The van der Waals surface area contributed by atoms with E-state index in [1.165, 1.54) is 5.56 Å². The van der Waals surface area contributed by atoms with Crippen LogP contribution in [0.1, 0.15) is 31.0 Å². The number of benzene rings is 2. The summed E-state index contributed by atoms with van der Waals surface area (Å²) in [5.41, 5.74) is 5.28. The van der Waals surface area contributed by atoms with Crippen LogP contribution in [-0.2, 0) is 6.42 Å². The van der Waals surface area contributed by atoms with Crippen molar-refractivity contribution < 1.29 is 4.74 Å². The van der Waals surface area contributed by atoms with Gasteiger partial charge in [-0.1, -0.05) is 42.5 Å². The summed E-state index contributed by atoms with van der Waals surface area (Å²) < 4.78 is 5.73. The van der Waals surface area contributed by atoms with Crippen molar-refractivity contribution in [2.24, 2.45) is 5.84 Å². The summed E-state index contributed by atoms with van der Waals surface area (Å²) in [6.07, 6.45) is 1.02. The molecular weight excluding hydrogens is 248 g/mol. The molecule has 0 fully saturated rings. The average molecular weight is 270 g/mol. The minimum absolute atomic E-state index is 0.0770. The Balaban J connectivity index is 2.15. The fourth-order valence-electron chi connectivity index (χ4n) is 2.20. The van der Waals surface area contributed by atoms with Crippen LogP contribution in [-0.4, -0.2) is 6.10 Å². The van der Waals surface area contributed by atoms with Gasteiger partial charge in [0, 0.05) is 0 Å². The number of ether oxygens (including phenoxy) is 1. The molecule has 1 unspecified atom stereocenters. The number of rotatable bonds is 6. The van der Waals surface area contributed by atoms with Crippen LogP contribution < -0.4 is 16.0 Å². The Hall–Kier alpha value is -1.84. The molecule has 106 valence electrons. The minimum Gasteiger partial charge on any atom is -0.491 e. The summed E-state index contributed by atoms with van der Waals surface area (Å²) in [5, 5.41) is 0. The van der Waals surface area contributed by atoms with Gasteiger partial charge < -0.3 is 4.74 Å². The molecule has 0 spiro atoms. The fraction of sp³-hybridized carbons (Fsp3) is 0.294. The van der Waals surface area contributed by atoms with Crippen molar-refractivity contribution in [2.75, 3.05) is 0 Å². The molecule has 0 aliphatic rings. The van der Waals surface area contributed by atoms with E-state index in [1.807, 2.05) is 50.2 Å². The van der Waals surface area contributed by atoms with E-state index >= 15 is 0 Å². The van der Waals surface area contributed by atoms with E-state index < -0.39 is 0 Å². The van der Waals surface area contributed by atoms with Gasteiger partial charge in [0.15, 0.2) is 0 Å². The zero-order chi connectivity index (χ0) is 14.4. The number of hydrazine groups is 1. The molecule has 0 aliphatic carbocycles. The predicted molar refractivity (Wildman–Crippen MR) is 82.4 cm³/mol. The van der Waals surface area contributed by atoms with Gasteiger partial charge in [-0.3, -0.25) is 11.3 Å². The van der Waals surface area contributed by atoms with Crippen molar-refractivity contribution in [3.05, 3.63) is 65.7 Å². The Bertz CT molecular complexity index is 526.